The minimum Gasteiger partial charge on any atom is -0.489 e. The molecular formula is C24H33ClIN3O3. The summed E-state index contributed by atoms with van der Waals surface area (Å²) in [6.45, 7) is 5.54. The van der Waals surface area contributed by atoms with Gasteiger partial charge in [-0.3, -0.25) is 4.99 Å². The van der Waals surface area contributed by atoms with Crippen LogP contribution in [0.5, 0.6) is 5.75 Å². The topological polar surface area (TPSA) is 64.1 Å². The van der Waals surface area contributed by atoms with Crippen LogP contribution in [0.3, 0.4) is 0 Å². The van der Waals surface area contributed by atoms with Gasteiger partial charge >= 0.3 is 0 Å². The van der Waals surface area contributed by atoms with Crippen molar-refractivity contribution in [3.8, 4) is 5.75 Å². The van der Waals surface area contributed by atoms with E-state index >= 15 is 0 Å². The van der Waals surface area contributed by atoms with E-state index in [9.17, 15) is 0 Å². The number of halogens is 2. The molecule has 0 radical (unpaired) electrons. The second-order valence-corrected chi connectivity index (χ2v) is 8.07. The monoisotopic (exact) mass is 573 g/mol. The Morgan fingerprint density at radius 2 is 1.84 bits per heavy atom. The number of rotatable bonds is 9. The molecule has 2 aromatic carbocycles. The Hall–Kier alpha value is -1.55. The first kappa shape index (κ1) is 26.7. The van der Waals surface area contributed by atoms with Crippen LogP contribution in [-0.4, -0.2) is 45.0 Å². The molecule has 1 fully saturated rings. The number of guanidine groups is 1. The Labute approximate surface area is 213 Å². The summed E-state index contributed by atoms with van der Waals surface area (Å²) in [5, 5.41) is 7.36. The van der Waals surface area contributed by atoms with E-state index in [0.29, 0.717) is 30.8 Å². The maximum Gasteiger partial charge on any atom is 0.191 e. The van der Waals surface area contributed by atoms with E-state index in [1.807, 2.05) is 31.2 Å². The summed E-state index contributed by atoms with van der Waals surface area (Å²) in [5.74, 6) is 1.52. The summed E-state index contributed by atoms with van der Waals surface area (Å²) < 4.78 is 17.3. The van der Waals surface area contributed by atoms with Crippen LogP contribution in [0, 0.1) is 0 Å². The molecule has 0 saturated carbocycles. The average Bonchev–Trinajstić information content (AvgIpc) is 2.80. The fourth-order valence-corrected chi connectivity index (χ4v) is 3.45. The number of benzene rings is 2. The largest absolute Gasteiger partial charge is 0.489 e. The maximum absolute atomic E-state index is 6.03. The van der Waals surface area contributed by atoms with Gasteiger partial charge in [-0.05, 0) is 55.2 Å². The molecule has 32 heavy (non-hydrogen) atoms. The quantitative estimate of drug-likeness (QED) is 0.257. The van der Waals surface area contributed by atoms with E-state index in [4.69, 9.17) is 25.8 Å². The van der Waals surface area contributed by atoms with Crippen LogP contribution in [0.1, 0.15) is 30.9 Å². The first-order chi connectivity index (χ1) is 15.1. The van der Waals surface area contributed by atoms with Gasteiger partial charge in [0.15, 0.2) is 5.96 Å². The molecule has 0 aliphatic carbocycles. The van der Waals surface area contributed by atoms with E-state index in [2.05, 4.69) is 39.9 Å². The predicted molar refractivity (Wildman–Crippen MR) is 140 cm³/mol. The van der Waals surface area contributed by atoms with Gasteiger partial charge < -0.3 is 24.8 Å². The second kappa shape index (κ2) is 14.6. The third kappa shape index (κ3) is 9.52. The molecule has 8 heteroatoms. The van der Waals surface area contributed by atoms with E-state index in [-0.39, 0.29) is 30.1 Å². The van der Waals surface area contributed by atoms with E-state index in [1.165, 1.54) is 11.1 Å². The third-order valence-corrected chi connectivity index (χ3v) is 5.29. The zero-order chi connectivity index (χ0) is 21.9. The normalized spacial score (nSPS) is 15.5. The van der Waals surface area contributed by atoms with E-state index in [0.717, 1.165) is 37.8 Å². The Morgan fingerprint density at radius 3 is 2.56 bits per heavy atom. The van der Waals surface area contributed by atoms with Gasteiger partial charge in [-0.15, -0.1) is 24.0 Å². The molecular weight excluding hydrogens is 541 g/mol. The standard InChI is InChI=1S/C24H32ClN3O3.HI/c1-18(31-23-8-6-21(25)7-9-23)15-27-24(26-2)28-16-19-4-3-5-20(14-19)17-30-22-10-12-29-13-11-22;/h3-9,14,18,22H,10-13,15-17H2,1-2H3,(H2,26,27,28);1H. The number of aliphatic imine (C=N–C) groups is 1. The molecule has 6 nitrogen and oxygen atoms in total. The van der Waals surface area contributed by atoms with Crippen LogP contribution >= 0.6 is 35.6 Å². The van der Waals surface area contributed by atoms with E-state index in [1.54, 1.807) is 7.05 Å². The van der Waals surface area contributed by atoms with Crippen molar-refractivity contribution in [1.29, 1.82) is 0 Å². The van der Waals surface area contributed by atoms with Crippen molar-refractivity contribution in [2.24, 2.45) is 4.99 Å². The lowest BCUT2D eigenvalue weighted by Crippen LogP contribution is -2.41. The van der Waals surface area contributed by atoms with Gasteiger partial charge in [-0.1, -0.05) is 35.9 Å². The molecule has 1 aliphatic rings. The lowest BCUT2D eigenvalue weighted by molar-refractivity contribution is -0.0390. The molecule has 0 bridgehead atoms. The van der Waals surface area contributed by atoms with Crippen molar-refractivity contribution >= 4 is 41.5 Å². The van der Waals surface area contributed by atoms with Crippen LogP contribution in [0.2, 0.25) is 5.02 Å². The summed E-state index contributed by atoms with van der Waals surface area (Å²) in [6.07, 6.45) is 2.23. The molecule has 1 heterocycles. The van der Waals surface area contributed by atoms with E-state index < -0.39 is 0 Å². The zero-order valence-corrected chi connectivity index (χ0v) is 21.8. The van der Waals surface area contributed by atoms with Crippen LogP contribution in [0.25, 0.3) is 0 Å². The molecule has 1 atom stereocenters. The van der Waals surface area contributed by atoms with Crippen molar-refractivity contribution in [3.63, 3.8) is 0 Å². The highest BCUT2D eigenvalue weighted by molar-refractivity contribution is 14.0. The van der Waals surface area contributed by atoms with Crippen LogP contribution < -0.4 is 15.4 Å². The molecule has 1 saturated heterocycles. The van der Waals surface area contributed by atoms with Crippen molar-refractivity contribution in [2.45, 2.75) is 45.1 Å². The molecule has 176 valence electrons. The van der Waals surface area contributed by atoms with Crippen molar-refractivity contribution < 1.29 is 14.2 Å². The van der Waals surface area contributed by atoms with Crippen LogP contribution in [-0.2, 0) is 22.6 Å². The summed E-state index contributed by atoms with van der Waals surface area (Å²) in [4.78, 5) is 4.30. The minimum atomic E-state index is -0.0228. The van der Waals surface area contributed by atoms with Gasteiger partial charge in [0.05, 0.1) is 19.3 Å². The van der Waals surface area contributed by atoms with Gasteiger partial charge in [-0.25, -0.2) is 0 Å². The highest BCUT2D eigenvalue weighted by Crippen LogP contribution is 2.17. The third-order valence-electron chi connectivity index (χ3n) is 5.04. The smallest absolute Gasteiger partial charge is 0.191 e. The van der Waals surface area contributed by atoms with Crippen LogP contribution in [0.15, 0.2) is 53.5 Å². The maximum atomic E-state index is 6.03. The average molecular weight is 574 g/mol. The number of hydrogen-bond donors (Lipinski definition) is 2. The summed E-state index contributed by atoms with van der Waals surface area (Å²) in [6, 6.07) is 15.8. The van der Waals surface area contributed by atoms with Crippen molar-refractivity contribution in [1.82, 2.24) is 10.6 Å². The van der Waals surface area contributed by atoms with Crippen molar-refractivity contribution in [3.05, 3.63) is 64.7 Å². The van der Waals surface area contributed by atoms with Gasteiger partial charge in [0, 0.05) is 31.8 Å². The molecule has 0 spiro atoms. The van der Waals surface area contributed by atoms with Gasteiger partial charge in [0.25, 0.3) is 0 Å². The zero-order valence-electron chi connectivity index (χ0n) is 18.7. The summed E-state index contributed by atoms with van der Waals surface area (Å²) in [5.41, 5.74) is 2.36. The number of nitrogens with zero attached hydrogens (tertiary/aromatic N) is 1. The first-order valence-corrected chi connectivity index (χ1v) is 11.1. The first-order valence-electron chi connectivity index (χ1n) is 10.8. The lowest BCUT2D eigenvalue weighted by atomic mass is 10.1. The molecule has 2 aromatic rings. The fraction of sp³-hybridized carbons (Fsp3) is 0.458. The predicted octanol–water partition coefficient (Wildman–Crippen LogP) is 4.79. The van der Waals surface area contributed by atoms with Gasteiger partial charge in [0.2, 0.25) is 0 Å². The molecule has 1 unspecified atom stereocenters. The molecule has 2 N–H and O–H groups in total. The summed E-state index contributed by atoms with van der Waals surface area (Å²) in [7, 11) is 1.76. The number of hydrogen-bond acceptors (Lipinski definition) is 4. The highest BCUT2D eigenvalue weighted by atomic mass is 127. The van der Waals surface area contributed by atoms with Gasteiger partial charge in [-0.2, -0.15) is 0 Å². The Kier molecular flexibility index (Phi) is 12.2. The summed E-state index contributed by atoms with van der Waals surface area (Å²) >= 11 is 5.91. The lowest BCUT2D eigenvalue weighted by Gasteiger charge is -2.22. The molecule has 1 aliphatic heterocycles. The van der Waals surface area contributed by atoms with Crippen molar-refractivity contribution in [2.75, 3.05) is 26.8 Å². The molecule has 0 aromatic heterocycles. The van der Waals surface area contributed by atoms with Crippen LogP contribution in [0.4, 0.5) is 0 Å². The minimum absolute atomic E-state index is 0. The highest BCUT2D eigenvalue weighted by Gasteiger charge is 2.14. The fourth-order valence-electron chi connectivity index (χ4n) is 3.32. The Balaban J connectivity index is 0.00000363. The molecule has 0 amide bonds. The molecule has 3 rings (SSSR count). The second-order valence-electron chi connectivity index (χ2n) is 7.63. The Bertz CT molecular complexity index is 829. The Morgan fingerprint density at radius 1 is 1.12 bits per heavy atom. The SMILES string of the molecule is CN=C(NCc1cccc(COC2CCOCC2)c1)NCC(C)Oc1ccc(Cl)cc1.I. The number of ether oxygens (including phenoxy) is 3. The number of nitrogens with one attached hydrogen (secondary N) is 2. The van der Waals surface area contributed by atoms with Gasteiger partial charge in [0.1, 0.15) is 11.9 Å².